The minimum atomic E-state index is -1.11. The van der Waals surface area contributed by atoms with Gasteiger partial charge in [-0.3, -0.25) is 4.79 Å². The highest BCUT2D eigenvalue weighted by Crippen LogP contribution is 2.13. The minimum absolute atomic E-state index is 0.380. The van der Waals surface area contributed by atoms with E-state index >= 15 is 0 Å². The van der Waals surface area contributed by atoms with Crippen molar-refractivity contribution in [2.45, 2.75) is 212 Å². The largest absolute Gasteiger partial charge is 0.394 e. The molecule has 3 atom stereocenters. The predicted molar refractivity (Wildman–Crippen MR) is 208 cm³/mol. The summed E-state index contributed by atoms with van der Waals surface area (Å²) in [6, 6.07) is -0.816. The van der Waals surface area contributed by atoms with E-state index in [-0.39, 0.29) is 6.61 Å². The van der Waals surface area contributed by atoms with E-state index in [0.29, 0.717) is 6.42 Å². The molecule has 4 N–H and O–H groups in total. The lowest BCUT2D eigenvalue weighted by Gasteiger charge is -2.21. The van der Waals surface area contributed by atoms with Gasteiger partial charge in [-0.1, -0.05) is 178 Å². The van der Waals surface area contributed by atoms with E-state index in [2.05, 4.69) is 55.6 Å². The van der Waals surface area contributed by atoms with Gasteiger partial charge in [0.15, 0.2) is 0 Å². The van der Waals surface area contributed by atoms with E-state index in [1.54, 1.807) is 6.08 Å². The van der Waals surface area contributed by atoms with E-state index in [1.165, 1.54) is 128 Å². The van der Waals surface area contributed by atoms with E-state index in [4.69, 9.17) is 0 Å². The van der Waals surface area contributed by atoms with Crippen LogP contribution in [0.1, 0.15) is 194 Å². The molecule has 5 nitrogen and oxygen atoms in total. The summed E-state index contributed by atoms with van der Waals surface area (Å²) in [4.78, 5) is 12.4. The van der Waals surface area contributed by atoms with Crippen LogP contribution in [-0.2, 0) is 4.79 Å². The van der Waals surface area contributed by atoms with Crippen LogP contribution in [0.5, 0.6) is 0 Å². The zero-order chi connectivity index (χ0) is 35.2. The Kier molecular flexibility index (Phi) is 36.8. The first kappa shape index (κ1) is 46.3. The van der Waals surface area contributed by atoms with Crippen molar-refractivity contribution in [3.05, 3.63) is 48.6 Å². The van der Waals surface area contributed by atoms with E-state index < -0.39 is 24.2 Å². The van der Waals surface area contributed by atoms with Crippen molar-refractivity contribution in [2.75, 3.05) is 6.61 Å². The minimum Gasteiger partial charge on any atom is -0.394 e. The first-order valence-electron chi connectivity index (χ1n) is 20.5. The van der Waals surface area contributed by atoms with Crippen LogP contribution in [0, 0.1) is 0 Å². The average Bonchev–Trinajstić information content (AvgIpc) is 3.09. The lowest BCUT2D eigenvalue weighted by atomic mass is 10.0. The second-order valence-corrected chi connectivity index (χ2v) is 13.8. The van der Waals surface area contributed by atoms with Gasteiger partial charge in [0.1, 0.15) is 6.10 Å². The third-order valence-electron chi connectivity index (χ3n) is 9.14. The van der Waals surface area contributed by atoms with Crippen LogP contribution in [0.4, 0.5) is 0 Å². The number of hydrogen-bond acceptors (Lipinski definition) is 4. The number of amides is 1. The Hall–Kier alpha value is -1.69. The highest BCUT2D eigenvalue weighted by molar-refractivity contribution is 5.80. The number of nitrogens with one attached hydrogen (secondary N) is 1. The maximum absolute atomic E-state index is 12.4. The first-order chi connectivity index (χ1) is 23.6. The van der Waals surface area contributed by atoms with Gasteiger partial charge in [0, 0.05) is 0 Å². The molecule has 0 bridgehead atoms. The van der Waals surface area contributed by atoms with Gasteiger partial charge in [0.25, 0.3) is 0 Å². The van der Waals surface area contributed by atoms with Crippen LogP contribution >= 0.6 is 0 Å². The smallest absolute Gasteiger partial charge is 0.249 e. The molecule has 0 aromatic rings. The Morgan fingerprint density at radius 3 is 1.42 bits per heavy atom. The van der Waals surface area contributed by atoms with Crippen molar-refractivity contribution in [2.24, 2.45) is 0 Å². The predicted octanol–water partition coefficient (Wildman–Crippen LogP) is 11.4. The third kappa shape index (κ3) is 32.8. The molecule has 0 aliphatic carbocycles. The Bertz CT molecular complexity index is 790. The summed E-state index contributed by atoms with van der Waals surface area (Å²) in [7, 11) is 0. The van der Waals surface area contributed by atoms with Crippen molar-refractivity contribution in [3.8, 4) is 0 Å². The molecule has 0 aliphatic rings. The van der Waals surface area contributed by atoms with E-state index in [1.807, 2.05) is 6.08 Å². The Morgan fingerprint density at radius 1 is 0.521 bits per heavy atom. The van der Waals surface area contributed by atoms with Gasteiger partial charge in [0.2, 0.25) is 5.91 Å². The number of carbonyl (C=O) groups excluding carboxylic acids is 1. The summed E-state index contributed by atoms with van der Waals surface area (Å²) >= 11 is 0. The number of carbonyl (C=O) groups is 1. The van der Waals surface area contributed by atoms with Crippen molar-refractivity contribution < 1.29 is 20.1 Å². The number of allylic oxidation sites excluding steroid dienone is 7. The Balaban J connectivity index is 3.68. The zero-order valence-electron chi connectivity index (χ0n) is 31.6. The molecular weight excluding hydrogens is 594 g/mol. The van der Waals surface area contributed by atoms with Crippen molar-refractivity contribution in [1.82, 2.24) is 5.32 Å². The summed E-state index contributed by atoms with van der Waals surface area (Å²) in [6.45, 7) is 4.12. The van der Waals surface area contributed by atoms with Gasteiger partial charge in [-0.25, -0.2) is 0 Å². The number of aliphatic hydroxyl groups is 3. The molecule has 0 aromatic carbocycles. The number of hydrogen-bond donors (Lipinski definition) is 4. The molecule has 48 heavy (non-hydrogen) atoms. The number of aliphatic hydroxyl groups excluding tert-OH is 3. The molecule has 0 heterocycles. The lowest BCUT2D eigenvalue weighted by molar-refractivity contribution is -0.131. The highest BCUT2D eigenvalue weighted by atomic mass is 16.3. The summed E-state index contributed by atoms with van der Waals surface area (Å²) < 4.78 is 0. The first-order valence-corrected chi connectivity index (χ1v) is 20.5. The van der Waals surface area contributed by atoms with Gasteiger partial charge in [-0.2, -0.15) is 0 Å². The summed E-state index contributed by atoms with van der Waals surface area (Å²) in [5.41, 5.74) is 0. The van der Waals surface area contributed by atoms with Crippen molar-refractivity contribution in [1.29, 1.82) is 0 Å². The molecule has 0 radical (unpaired) electrons. The lowest BCUT2D eigenvalue weighted by Crippen LogP contribution is -2.48. The van der Waals surface area contributed by atoms with E-state index in [9.17, 15) is 20.1 Å². The monoisotopic (exact) mass is 674 g/mol. The van der Waals surface area contributed by atoms with Gasteiger partial charge in [-0.15, -0.1) is 0 Å². The van der Waals surface area contributed by atoms with Crippen LogP contribution in [-0.4, -0.2) is 46.1 Å². The van der Waals surface area contributed by atoms with Crippen LogP contribution in [0.3, 0.4) is 0 Å². The molecule has 1 amide bonds. The Morgan fingerprint density at radius 2 is 0.917 bits per heavy atom. The fourth-order valence-electron chi connectivity index (χ4n) is 5.88. The second-order valence-electron chi connectivity index (χ2n) is 13.8. The quantitative estimate of drug-likeness (QED) is 0.0393. The van der Waals surface area contributed by atoms with Crippen LogP contribution in [0.15, 0.2) is 48.6 Å². The molecule has 3 unspecified atom stereocenters. The highest BCUT2D eigenvalue weighted by Gasteiger charge is 2.22. The van der Waals surface area contributed by atoms with E-state index in [0.717, 1.165) is 44.9 Å². The van der Waals surface area contributed by atoms with Crippen LogP contribution in [0.25, 0.3) is 0 Å². The SMILES string of the molecule is CCCCCC/C=C/CC/C=C/C(O)C(CO)NC(=O)C(O)CCCCCCCCCC/C=C\C/C=C\CCCCCCCCCCC. The van der Waals surface area contributed by atoms with Crippen LogP contribution < -0.4 is 5.32 Å². The molecule has 0 aliphatic heterocycles. The Labute approximate surface area is 297 Å². The van der Waals surface area contributed by atoms with Gasteiger partial charge in [-0.05, 0) is 64.2 Å². The summed E-state index contributed by atoms with van der Waals surface area (Å²) in [5, 5.41) is 32.9. The number of unbranched alkanes of at least 4 members (excludes halogenated alkanes) is 22. The molecule has 0 aromatic heterocycles. The molecular formula is C43H79NO4. The molecule has 0 saturated carbocycles. The molecule has 0 rings (SSSR count). The topological polar surface area (TPSA) is 89.8 Å². The second kappa shape index (κ2) is 38.1. The standard InChI is InChI=1S/C43H79NO4/c1-3-5-7-9-11-13-15-16-17-18-19-20-21-22-23-24-25-26-27-28-30-32-34-36-38-42(47)43(48)44-40(39-45)41(46)37-35-33-31-29-14-12-10-8-6-4-2/h14,19-20,22-23,29,35,37,40-42,45-47H,3-13,15-18,21,24-28,30-34,36,38-39H2,1-2H3,(H,44,48)/b20-19-,23-22-,29-14+,37-35+. The summed E-state index contributed by atoms with van der Waals surface area (Å²) in [5.74, 6) is -0.522. The van der Waals surface area contributed by atoms with Gasteiger partial charge in [0.05, 0.1) is 18.8 Å². The average molecular weight is 674 g/mol. The maximum Gasteiger partial charge on any atom is 0.249 e. The number of rotatable bonds is 36. The molecule has 280 valence electrons. The van der Waals surface area contributed by atoms with Crippen molar-refractivity contribution in [3.63, 3.8) is 0 Å². The van der Waals surface area contributed by atoms with Gasteiger partial charge >= 0.3 is 0 Å². The van der Waals surface area contributed by atoms with Crippen molar-refractivity contribution >= 4 is 5.91 Å². The summed E-state index contributed by atoms with van der Waals surface area (Å²) in [6.07, 6.45) is 48.6. The third-order valence-corrected chi connectivity index (χ3v) is 9.14. The fraction of sp³-hybridized carbons (Fsp3) is 0.791. The fourth-order valence-corrected chi connectivity index (χ4v) is 5.88. The van der Waals surface area contributed by atoms with Crippen LogP contribution in [0.2, 0.25) is 0 Å². The molecule has 0 saturated heterocycles. The molecule has 0 spiro atoms. The molecule has 5 heteroatoms. The van der Waals surface area contributed by atoms with Gasteiger partial charge < -0.3 is 20.6 Å². The zero-order valence-corrected chi connectivity index (χ0v) is 31.6. The maximum atomic E-state index is 12.4. The molecule has 0 fully saturated rings. The normalized spacial score (nSPS) is 14.2.